The largest absolute Gasteiger partial charge is 0.462 e. The second-order valence-corrected chi connectivity index (χ2v) is 21.6. The second-order valence-electron chi connectivity index (χ2n) is 21.6. The molecule has 0 aromatic heterocycles. The van der Waals surface area contributed by atoms with Gasteiger partial charge in [-0.1, -0.05) is 298 Å². The molecule has 0 bridgehead atoms. The van der Waals surface area contributed by atoms with Crippen molar-refractivity contribution in [3.05, 3.63) is 0 Å². The van der Waals surface area contributed by atoms with Crippen molar-refractivity contribution in [3.8, 4) is 0 Å². The minimum atomic E-state index is -0.763. The Morgan fingerprint density at radius 1 is 0.288 bits per heavy atom. The molecular formula is C60H116O6. The lowest BCUT2D eigenvalue weighted by Crippen LogP contribution is -2.30. The van der Waals surface area contributed by atoms with Crippen LogP contribution in [0.3, 0.4) is 0 Å². The number of hydrogen-bond donors (Lipinski definition) is 0. The van der Waals surface area contributed by atoms with Gasteiger partial charge in [0.1, 0.15) is 13.2 Å². The van der Waals surface area contributed by atoms with E-state index in [0.29, 0.717) is 19.3 Å². The molecule has 66 heavy (non-hydrogen) atoms. The van der Waals surface area contributed by atoms with Gasteiger partial charge >= 0.3 is 17.9 Å². The second kappa shape index (κ2) is 52.8. The van der Waals surface area contributed by atoms with E-state index in [2.05, 4.69) is 34.6 Å². The highest BCUT2D eigenvalue weighted by Crippen LogP contribution is 2.18. The monoisotopic (exact) mass is 933 g/mol. The summed E-state index contributed by atoms with van der Waals surface area (Å²) >= 11 is 0. The molecule has 1 atom stereocenters. The standard InChI is InChI=1S/C60H116O6/c1-6-7-8-9-10-11-12-13-14-15-19-22-25-30-35-40-45-50-58(61)64-53-57(66-60(63)52-47-42-37-32-27-29-34-39-44-49-56(4)5)54-65-59(62)51-46-41-36-31-26-23-20-17-16-18-21-24-28-33-38-43-48-55(2)3/h55-57H,6-54H2,1-5H3/t57-/m0/s1. The highest BCUT2D eigenvalue weighted by molar-refractivity contribution is 5.71. The van der Waals surface area contributed by atoms with E-state index in [0.717, 1.165) is 69.6 Å². The minimum Gasteiger partial charge on any atom is -0.462 e. The summed E-state index contributed by atoms with van der Waals surface area (Å²) in [7, 11) is 0. The molecule has 0 aliphatic rings. The lowest BCUT2D eigenvalue weighted by molar-refractivity contribution is -0.167. The fourth-order valence-electron chi connectivity index (χ4n) is 9.23. The van der Waals surface area contributed by atoms with Crippen molar-refractivity contribution in [2.45, 2.75) is 343 Å². The molecule has 0 N–H and O–H groups in total. The van der Waals surface area contributed by atoms with E-state index in [1.54, 1.807) is 0 Å². The van der Waals surface area contributed by atoms with Crippen molar-refractivity contribution in [2.24, 2.45) is 11.8 Å². The maximum Gasteiger partial charge on any atom is 0.306 e. The summed E-state index contributed by atoms with van der Waals surface area (Å²) in [5, 5.41) is 0. The number of carbonyl (C=O) groups is 3. The Hall–Kier alpha value is -1.59. The first kappa shape index (κ1) is 64.4. The van der Waals surface area contributed by atoms with Crippen LogP contribution in [-0.4, -0.2) is 37.2 Å². The Labute approximate surface area is 412 Å². The smallest absolute Gasteiger partial charge is 0.306 e. The number of esters is 3. The third-order valence-corrected chi connectivity index (χ3v) is 13.7. The van der Waals surface area contributed by atoms with E-state index in [1.165, 1.54) is 225 Å². The van der Waals surface area contributed by atoms with Crippen LogP contribution in [0.25, 0.3) is 0 Å². The summed E-state index contributed by atoms with van der Waals surface area (Å²) in [6.07, 6.45) is 56.7. The summed E-state index contributed by atoms with van der Waals surface area (Å²) in [6, 6.07) is 0. The first-order valence-electron chi connectivity index (χ1n) is 29.7. The fourth-order valence-corrected chi connectivity index (χ4v) is 9.23. The topological polar surface area (TPSA) is 78.9 Å². The predicted octanol–water partition coefficient (Wildman–Crippen LogP) is 19.7. The molecule has 0 amide bonds. The Kier molecular flexibility index (Phi) is 51.5. The van der Waals surface area contributed by atoms with Crippen molar-refractivity contribution >= 4 is 17.9 Å². The molecule has 0 aromatic rings. The molecule has 6 nitrogen and oxygen atoms in total. The van der Waals surface area contributed by atoms with Gasteiger partial charge in [0.15, 0.2) is 6.10 Å². The SMILES string of the molecule is CCCCCCCCCCCCCCCCCCCC(=O)OC[C@@H](COC(=O)CCCCCCCCCCCCCCCCCCC(C)C)OC(=O)CCCCCCCCCCCC(C)C. The van der Waals surface area contributed by atoms with Crippen LogP contribution in [0.1, 0.15) is 336 Å². The highest BCUT2D eigenvalue weighted by Gasteiger charge is 2.19. The molecule has 0 heterocycles. The molecule has 392 valence electrons. The lowest BCUT2D eigenvalue weighted by Gasteiger charge is -2.18. The molecule has 0 radical (unpaired) electrons. The van der Waals surface area contributed by atoms with E-state index < -0.39 is 6.10 Å². The number of carbonyl (C=O) groups excluding carboxylic acids is 3. The van der Waals surface area contributed by atoms with Crippen molar-refractivity contribution < 1.29 is 28.6 Å². The van der Waals surface area contributed by atoms with E-state index in [-0.39, 0.29) is 31.1 Å². The summed E-state index contributed by atoms with van der Waals surface area (Å²) < 4.78 is 16.9. The Morgan fingerprint density at radius 2 is 0.500 bits per heavy atom. The normalized spacial score (nSPS) is 12.0. The van der Waals surface area contributed by atoms with E-state index in [1.807, 2.05) is 0 Å². The molecule has 0 aromatic carbocycles. The molecule has 0 unspecified atom stereocenters. The maximum absolute atomic E-state index is 12.8. The predicted molar refractivity (Wildman–Crippen MR) is 284 cm³/mol. The molecule has 0 spiro atoms. The van der Waals surface area contributed by atoms with Crippen LogP contribution < -0.4 is 0 Å². The van der Waals surface area contributed by atoms with Gasteiger partial charge in [-0.3, -0.25) is 14.4 Å². The number of ether oxygens (including phenoxy) is 3. The van der Waals surface area contributed by atoms with E-state index >= 15 is 0 Å². The van der Waals surface area contributed by atoms with Gasteiger partial charge < -0.3 is 14.2 Å². The van der Waals surface area contributed by atoms with Crippen LogP contribution in [0.5, 0.6) is 0 Å². The number of rotatable bonds is 54. The number of hydrogen-bond acceptors (Lipinski definition) is 6. The van der Waals surface area contributed by atoms with Crippen LogP contribution in [0.4, 0.5) is 0 Å². The van der Waals surface area contributed by atoms with Crippen molar-refractivity contribution in [3.63, 3.8) is 0 Å². The third kappa shape index (κ3) is 53.4. The van der Waals surface area contributed by atoms with Crippen molar-refractivity contribution in [1.29, 1.82) is 0 Å². The third-order valence-electron chi connectivity index (χ3n) is 13.7. The first-order chi connectivity index (χ1) is 32.2. The van der Waals surface area contributed by atoms with E-state index in [4.69, 9.17) is 14.2 Å². The van der Waals surface area contributed by atoms with Crippen LogP contribution in [0, 0.1) is 11.8 Å². The molecular weight excluding hydrogens is 817 g/mol. The highest BCUT2D eigenvalue weighted by atomic mass is 16.6. The molecule has 0 rings (SSSR count). The summed E-state index contributed by atoms with van der Waals surface area (Å²) in [4.78, 5) is 38.2. The van der Waals surface area contributed by atoms with Gasteiger partial charge in [0, 0.05) is 19.3 Å². The van der Waals surface area contributed by atoms with Gasteiger partial charge in [-0.25, -0.2) is 0 Å². The van der Waals surface area contributed by atoms with Gasteiger partial charge in [0.25, 0.3) is 0 Å². The number of unbranched alkanes of at least 4 members (excludes halogenated alkanes) is 39. The van der Waals surface area contributed by atoms with Gasteiger partial charge in [0.05, 0.1) is 0 Å². The van der Waals surface area contributed by atoms with Crippen LogP contribution >= 0.6 is 0 Å². The first-order valence-corrected chi connectivity index (χ1v) is 29.7. The molecule has 0 aliphatic carbocycles. The zero-order valence-corrected chi connectivity index (χ0v) is 45.3. The van der Waals surface area contributed by atoms with Crippen LogP contribution in [0.15, 0.2) is 0 Å². The zero-order chi connectivity index (χ0) is 48.2. The summed E-state index contributed by atoms with van der Waals surface area (Å²) in [5.74, 6) is 0.820. The summed E-state index contributed by atoms with van der Waals surface area (Å²) in [6.45, 7) is 11.4. The Morgan fingerprint density at radius 3 is 0.742 bits per heavy atom. The Bertz CT molecular complexity index is 1010. The van der Waals surface area contributed by atoms with Gasteiger partial charge in [0.2, 0.25) is 0 Å². The van der Waals surface area contributed by atoms with E-state index in [9.17, 15) is 14.4 Å². The summed E-state index contributed by atoms with van der Waals surface area (Å²) in [5.41, 5.74) is 0. The maximum atomic E-state index is 12.8. The molecule has 0 saturated heterocycles. The zero-order valence-electron chi connectivity index (χ0n) is 45.3. The van der Waals surface area contributed by atoms with Gasteiger partial charge in [-0.15, -0.1) is 0 Å². The van der Waals surface area contributed by atoms with Crippen LogP contribution in [0.2, 0.25) is 0 Å². The van der Waals surface area contributed by atoms with Crippen molar-refractivity contribution in [2.75, 3.05) is 13.2 Å². The molecule has 6 heteroatoms. The fraction of sp³-hybridized carbons (Fsp3) is 0.950. The molecule has 0 fully saturated rings. The average molecular weight is 934 g/mol. The van der Waals surface area contributed by atoms with Crippen molar-refractivity contribution in [1.82, 2.24) is 0 Å². The molecule has 0 saturated carbocycles. The van der Waals surface area contributed by atoms with Gasteiger partial charge in [-0.2, -0.15) is 0 Å². The Balaban J connectivity index is 4.25. The molecule has 0 aliphatic heterocycles. The minimum absolute atomic E-state index is 0.0628. The lowest BCUT2D eigenvalue weighted by atomic mass is 10.0. The average Bonchev–Trinajstić information content (AvgIpc) is 3.29. The van der Waals surface area contributed by atoms with Crippen LogP contribution in [-0.2, 0) is 28.6 Å². The quantitative estimate of drug-likeness (QED) is 0.0343. The van der Waals surface area contributed by atoms with Gasteiger partial charge in [-0.05, 0) is 31.1 Å².